The molecule has 0 unspecified atom stereocenters. The minimum Gasteiger partial charge on any atom is -0.419 e. The molecule has 0 radical (unpaired) electrons. The monoisotopic (exact) mass is 467 g/mol. The molecule has 0 saturated carbocycles. The number of hydrogen-bond donors (Lipinski definition) is 2. The van der Waals surface area contributed by atoms with Crippen LogP contribution in [-0.2, 0) is 22.6 Å². The van der Waals surface area contributed by atoms with Gasteiger partial charge in [-0.15, -0.1) is 10.2 Å². The predicted molar refractivity (Wildman–Crippen MR) is 123 cm³/mol. The van der Waals surface area contributed by atoms with E-state index in [1.807, 2.05) is 44.2 Å². The fraction of sp³-hybridized carbons (Fsp3) is 0.391. The molecule has 2 amide bonds. The van der Waals surface area contributed by atoms with Crippen LogP contribution >= 0.6 is 11.3 Å². The van der Waals surface area contributed by atoms with E-state index >= 15 is 0 Å². The van der Waals surface area contributed by atoms with Gasteiger partial charge in [0.2, 0.25) is 23.6 Å². The van der Waals surface area contributed by atoms with Gasteiger partial charge in [0.25, 0.3) is 0 Å². The quantitative estimate of drug-likeness (QED) is 0.518. The Morgan fingerprint density at radius 1 is 1.21 bits per heavy atom. The molecule has 2 N–H and O–H groups in total. The second-order valence-corrected chi connectivity index (χ2v) is 9.17. The van der Waals surface area contributed by atoms with Crippen LogP contribution in [-0.4, -0.2) is 32.8 Å². The maximum atomic E-state index is 12.7. The highest BCUT2D eigenvalue weighted by atomic mass is 32.1. The average molecular weight is 468 g/mol. The summed E-state index contributed by atoms with van der Waals surface area (Å²) in [5, 5.41) is 13.9. The van der Waals surface area contributed by atoms with Gasteiger partial charge < -0.3 is 15.1 Å². The van der Waals surface area contributed by atoms with Crippen LogP contribution in [0, 0.1) is 11.8 Å². The van der Waals surface area contributed by atoms with Crippen molar-refractivity contribution in [2.75, 3.05) is 5.32 Å². The third-order valence-electron chi connectivity index (χ3n) is 5.57. The number of Topliss-reactive ketones (excluding diaryl/α,β-unsaturated/α-hetero) is 1. The van der Waals surface area contributed by atoms with Gasteiger partial charge >= 0.3 is 0 Å². The highest BCUT2D eigenvalue weighted by molar-refractivity contribution is 7.17. The molecule has 10 heteroatoms. The van der Waals surface area contributed by atoms with Crippen LogP contribution < -0.4 is 10.6 Å². The summed E-state index contributed by atoms with van der Waals surface area (Å²) in [6, 6.07) is 9.35. The molecule has 0 bridgehead atoms. The van der Waals surface area contributed by atoms with Gasteiger partial charge in [0.05, 0.1) is 23.0 Å². The standard InChI is InChI=1S/C23H25N5O4S/c1-3-13(2)9-18(30)26-23-25-16-10-15(11-17(29)20(16)33-23)21(31)24-12-19-27-28-22(32-19)14-7-5-4-6-8-14/h4-8,13,15H,3,9-12H2,1-2H3,(H,24,31)(H,25,26,30)/t13-,15-/m0/s1. The number of anilines is 1. The van der Waals surface area contributed by atoms with Gasteiger partial charge in [-0.1, -0.05) is 49.8 Å². The Kier molecular flexibility index (Phi) is 6.93. The number of carbonyl (C=O) groups excluding carboxylic acids is 3. The summed E-state index contributed by atoms with van der Waals surface area (Å²) in [7, 11) is 0. The Hall–Kier alpha value is -3.40. The van der Waals surface area contributed by atoms with Crippen LogP contribution in [0.5, 0.6) is 0 Å². The number of nitrogens with zero attached hydrogens (tertiary/aromatic N) is 3. The third-order valence-corrected chi connectivity index (χ3v) is 6.63. The number of aromatic nitrogens is 3. The van der Waals surface area contributed by atoms with Crippen molar-refractivity contribution in [1.82, 2.24) is 20.5 Å². The second-order valence-electron chi connectivity index (χ2n) is 8.17. The highest BCUT2D eigenvalue weighted by Crippen LogP contribution is 2.32. The lowest BCUT2D eigenvalue weighted by Crippen LogP contribution is -2.35. The molecule has 2 heterocycles. The topological polar surface area (TPSA) is 127 Å². The van der Waals surface area contributed by atoms with Gasteiger partial charge in [-0.25, -0.2) is 4.98 Å². The van der Waals surface area contributed by atoms with Crippen LogP contribution in [0.2, 0.25) is 0 Å². The molecule has 0 spiro atoms. The Morgan fingerprint density at radius 2 is 2.00 bits per heavy atom. The number of benzene rings is 1. The molecule has 0 saturated heterocycles. The van der Waals surface area contributed by atoms with Crippen LogP contribution in [0.3, 0.4) is 0 Å². The number of ketones is 1. The lowest BCUT2D eigenvalue weighted by atomic mass is 9.89. The van der Waals surface area contributed by atoms with Crippen molar-refractivity contribution >= 4 is 34.1 Å². The van der Waals surface area contributed by atoms with Crippen molar-refractivity contribution in [2.24, 2.45) is 11.8 Å². The number of nitrogens with one attached hydrogen (secondary N) is 2. The molecule has 9 nitrogen and oxygen atoms in total. The van der Waals surface area contributed by atoms with Crippen molar-refractivity contribution in [3.63, 3.8) is 0 Å². The number of hydrogen-bond acceptors (Lipinski definition) is 8. The Balaban J connectivity index is 1.34. The summed E-state index contributed by atoms with van der Waals surface area (Å²) in [6.07, 6.45) is 1.75. The van der Waals surface area contributed by atoms with Crippen LogP contribution in [0.1, 0.15) is 54.4 Å². The summed E-state index contributed by atoms with van der Waals surface area (Å²) >= 11 is 1.17. The van der Waals surface area contributed by atoms with E-state index < -0.39 is 5.92 Å². The first-order valence-corrected chi connectivity index (χ1v) is 11.7. The minimum atomic E-state index is -0.535. The zero-order valence-electron chi connectivity index (χ0n) is 18.5. The molecule has 33 heavy (non-hydrogen) atoms. The van der Waals surface area contributed by atoms with Gasteiger partial charge in [-0.3, -0.25) is 14.4 Å². The average Bonchev–Trinajstić information content (AvgIpc) is 3.45. The first-order valence-electron chi connectivity index (χ1n) is 10.9. The molecule has 1 aromatic carbocycles. The van der Waals surface area contributed by atoms with Gasteiger partial charge in [-0.05, 0) is 18.1 Å². The van der Waals surface area contributed by atoms with Crippen molar-refractivity contribution in [3.05, 3.63) is 46.8 Å². The Bertz CT molecular complexity index is 1160. The second kappa shape index (κ2) is 10.0. The molecule has 172 valence electrons. The van der Waals surface area contributed by atoms with Gasteiger partial charge in [0, 0.05) is 24.8 Å². The SMILES string of the molecule is CC[C@H](C)CC(=O)Nc1nc2c(s1)C(=O)C[C@@H](C(=O)NCc1nnc(-c3ccccc3)o1)C2. The van der Waals surface area contributed by atoms with Crippen molar-refractivity contribution in [2.45, 2.75) is 46.1 Å². The smallest absolute Gasteiger partial charge is 0.247 e. The van der Waals surface area contributed by atoms with Gasteiger partial charge in [0.1, 0.15) is 0 Å². The first kappa shape index (κ1) is 22.8. The van der Waals surface area contributed by atoms with E-state index in [-0.39, 0.29) is 42.4 Å². The number of amides is 2. The molecule has 1 aliphatic carbocycles. The van der Waals surface area contributed by atoms with E-state index in [0.717, 1.165) is 12.0 Å². The molecule has 2 atom stereocenters. The summed E-state index contributed by atoms with van der Waals surface area (Å²) in [5.41, 5.74) is 1.35. The number of thiazole rings is 1. The highest BCUT2D eigenvalue weighted by Gasteiger charge is 2.33. The molecule has 1 aliphatic rings. The number of fused-ring (bicyclic) bond motifs is 1. The van der Waals surface area contributed by atoms with E-state index in [4.69, 9.17) is 4.42 Å². The maximum absolute atomic E-state index is 12.7. The van der Waals surface area contributed by atoms with Crippen LogP contribution in [0.4, 0.5) is 5.13 Å². The third kappa shape index (κ3) is 5.51. The van der Waals surface area contributed by atoms with E-state index in [1.165, 1.54) is 11.3 Å². The Morgan fingerprint density at radius 3 is 2.76 bits per heavy atom. The van der Waals surface area contributed by atoms with E-state index in [9.17, 15) is 14.4 Å². The molecule has 2 aromatic heterocycles. The summed E-state index contributed by atoms with van der Waals surface area (Å²) < 4.78 is 5.61. The summed E-state index contributed by atoms with van der Waals surface area (Å²) in [6.45, 7) is 4.12. The first-order chi connectivity index (χ1) is 15.9. The summed E-state index contributed by atoms with van der Waals surface area (Å²) in [5.74, 6) is -0.132. The fourth-order valence-electron chi connectivity index (χ4n) is 3.53. The van der Waals surface area contributed by atoms with Crippen LogP contribution in [0.25, 0.3) is 11.5 Å². The zero-order chi connectivity index (χ0) is 23.4. The minimum absolute atomic E-state index is 0.0736. The predicted octanol–water partition coefficient (Wildman–Crippen LogP) is 3.63. The molecule has 0 fully saturated rings. The van der Waals surface area contributed by atoms with E-state index in [0.29, 0.717) is 34.4 Å². The lowest BCUT2D eigenvalue weighted by Gasteiger charge is -2.19. The molecule has 0 aliphatic heterocycles. The van der Waals surface area contributed by atoms with Crippen LogP contribution in [0.15, 0.2) is 34.7 Å². The zero-order valence-corrected chi connectivity index (χ0v) is 19.3. The Labute approximate surface area is 195 Å². The largest absolute Gasteiger partial charge is 0.419 e. The molecular formula is C23H25N5O4S. The molecular weight excluding hydrogens is 442 g/mol. The molecule has 4 rings (SSSR count). The summed E-state index contributed by atoms with van der Waals surface area (Å²) in [4.78, 5) is 42.4. The maximum Gasteiger partial charge on any atom is 0.247 e. The normalized spacial score (nSPS) is 16.2. The van der Waals surface area contributed by atoms with Gasteiger partial charge in [-0.2, -0.15) is 0 Å². The molecule has 3 aromatic rings. The van der Waals surface area contributed by atoms with E-state index in [1.54, 1.807) is 0 Å². The van der Waals surface area contributed by atoms with Gasteiger partial charge in [0.15, 0.2) is 10.9 Å². The number of carbonyl (C=O) groups is 3. The number of rotatable bonds is 8. The fourth-order valence-corrected chi connectivity index (χ4v) is 4.49. The van der Waals surface area contributed by atoms with Crippen molar-refractivity contribution in [3.8, 4) is 11.5 Å². The van der Waals surface area contributed by atoms with Crippen molar-refractivity contribution < 1.29 is 18.8 Å². The van der Waals surface area contributed by atoms with Crippen molar-refractivity contribution in [1.29, 1.82) is 0 Å². The van der Waals surface area contributed by atoms with E-state index in [2.05, 4.69) is 25.8 Å². The lowest BCUT2D eigenvalue weighted by molar-refractivity contribution is -0.125.